The van der Waals surface area contributed by atoms with Crippen LogP contribution in [0.1, 0.15) is 22.8 Å². The minimum Gasteiger partial charge on any atom is -0.383 e. The summed E-state index contributed by atoms with van der Waals surface area (Å²) in [5.41, 5.74) is 8.79. The Hall–Kier alpha value is -4.64. The molecule has 1 saturated heterocycles. The highest BCUT2D eigenvalue weighted by Crippen LogP contribution is 2.34. The quantitative estimate of drug-likeness (QED) is 0.362. The number of rotatable bonds is 7. The topological polar surface area (TPSA) is 135 Å². The molecule has 5 rings (SSSR count). The van der Waals surface area contributed by atoms with Gasteiger partial charge in [0.2, 0.25) is 5.91 Å². The van der Waals surface area contributed by atoms with Gasteiger partial charge in [0, 0.05) is 43.0 Å². The van der Waals surface area contributed by atoms with Crippen LogP contribution in [0.2, 0.25) is 0 Å². The van der Waals surface area contributed by atoms with E-state index in [1.807, 2.05) is 46.8 Å². The minimum absolute atomic E-state index is 0.0141. The van der Waals surface area contributed by atoms with Gasteiger partial charge in [0.25, 0.3) is 5.91 Å². The minimum atomic E-state index is -0.260. The fourth-order valence-electron chi connectivity index (χ4n) is 4.47. The van der Waals surface area contributed by atoms with Gasteiger partial charge in [-0.15, -0.1) is 0 Å². The molecule has 2 amide bonds. The average Bonchev–Trinajstić information content (AvgIpc) is 3.55. The first-order valence-corrected chi connectivity index (χ1v) is 12.3. The Kier molecular flexibility index (Phi) is 7.09. The zero-order valence-corrected chi connectivity index (χ0v) is 21.3. The summed E-state index contributed by atoms with van der Waals surface area (Å²) in [6, 6.07) is 12.4. The van der Waals surface area contributed by atoms with Crippen LogP contribution in [-0.4, -0.2) is 80.1 Å². The monoisotopic (exact) mass is 511 g/mol. The van der Waals surface area contributed by atoms with Crippen molar-refractivity contribution in [1.82, 2.24) is 34.5 Å². The molecule has 194 valence electrons. The number of nitrogens with zero attached hydrogens (tertiary/aromatic N) is 7. The largest absolute Gasteiger partial charge is 0.383 e. The Morgan fingerprint density at radius 1 is 1.13 bits per heavy atom. The molecule has 1 atom stereocenters. The van der Waals surface area contributed by atoms with Crippen LogP contribution < -0.4 is 11.1 Å². The number of benzene rings is 1. The predicted molar refractivity (Wildman–Crippen MR) is 145 cm³/mol. The Morgan fingerprint density at radius 2 is 1.95 bits per heavy atom. The Balaban J connectivity index is 1.39. The third kappa shape index (κ3) is 5.23. The molecule has 3 N–H and O–H groups in total. The highest BCUT2D eigenvalue weighted by atomic mass is 16.2. The molecular weight excluding hydrogens is 482 g/mol. The molecule has 1 fully saturated rings. The molecule has 11 nitrogen and oxygen atoms in total. The number of likely N-dealkylation sites (tertiary alicyclic amines) is 1. The molecule has 38 heavy (non-hydrogen) atoms. The van der Waals surface area contributed by atoms with Gasteiger partial charge in [0.15, 0.2) is 5.65 Å². The number of hydrogen-bond donors (Lipinski definition) is 2. The van der Waals surface area contributed by atoms with Gasteiger partial charge >= 0.3 is 0 Å². The SMILES string of the molecule is CN(C)CC=CC(=O)N1CC[C@@H](n2nc(-c3ccc(C(=O)Nc4ccccn4)cc3)c3c(N)ncnc32)C1. The number of pyridine rings is 1. The number of fused-ring (bicyclic) bond motifs is 1. The van der Waals surface area contributed by atoms with Crippen LogP contribution in [0.25, 0.3) is 22.3 Å². The van der Waals surface area contributed by atoms with E-state index in [0.717, 1.165) is 12.0 Å². The first-order valence-electron chi connectivity index (χ1n) is 12.3. The van der Waals surface area contributed by atoms with Crippen molar-refractivity contribution < 1.29 is 9.59 Å². The molecule has 1 aliphatic rings. The molecule has 0 radical (unpaired) electrons. The number of carbonyl (C=O) groups excluding carboxylic acids is 2. The van der Waals surface area contributed by atoms with Crippen molar-refractivity contribution in [2.45, 2.75) is 12.5 Å². The van der Waals surface area contributed by atoms with E-state index in [0.29, 0.717) is 53.6 Å². The van der Waals surface area contributed by atoms with E-state index in [1.165, 1.54) is 6.33 Å². The van der Waals surface area contributed by atoms with Gasteiger partial charge < -0.3 is 20.9 Å². The summed E-state index contributed by atoms with van der Waals surface area (Å²) in [7, 11) is 3.92. The molecule has 0 bridgehead atoms. The number of aromatic nitrogens is 5. The van der Waals surface area contributed by atoms with Crippen LogP contribution in [0.4, 0.5) is 11.6 Å². The number of nitrogens with two attached hydrogens (primary N) is 1. The maximum Gasteiger partial charge on any atom is 0.256 e. The number of nitrogen functional groups attached to an aromatic ring is 1. The van der Waals surface area contributed by atoms with E-state index >= 15 is 0 Å². The Labute approximate surface area is 220 Å². The second kappa shape index (κ2) is 10.8. The molecule has 4 aromatic rings. The number of likely N-dealkylation sites (N-methyl/N-ethyl adjacent to an activating group) is 1. The lowest BCUT2D eigenvalue weighted by Crippen LogP contribution is -2.28. The standard InChI is InChI=1S/C27H29N9O2/c1-34(2)14-5-7-22(37)35-15-12-20(16-35)36-26-23(25(28)30-17-31-26)24(33-36)18-8-10-19(11-9-18)27(38)32-21-6-3-4-13-29-21/h3-11,13,17,20H,12,14-16H2,1-2H3,(H2,28,30,31)(H,29,32,38)/t20-/m1/s1. The van der Waals surface area contributed by atoms with E-state index in [9.17, 15) is 9.59 Å². The van der Waals surface area contributed by atoms with Gasteiger partial charge in [-0.25, -0.2) is 19.6 Å². The molecule has 0 aliphatic carbocycles. The summed E-state index contributed by atoms with van der Waals surface area (Å²) in [4.78, 5) is 41.9. The number of nitrogens with one attached hydrogen (secondary N) is 1. The first-order chi connectivity index (χ1) is 18.4. The van der Waals surface area contributed by atoms with Crippen molar-refractivity contribution in [3.63, 3.8) is 0 Å². The molecule has 3 aromatic heterocycles. The average molecular weight is 512 g/mol. The molecule has 1 aromatic carbocycles. The number of amides is 2. The van der Waals surface area contributed by atoms with E-state index < -0.39 is 0 Å². The predicted octanol–water partition coefficient (Wildman–Crippen LogP) is 2.61. The number of anilines is 2. The molecule has 0 spiro atoms. The highest BCUT2D eigenvalue weighted by Gasteiger charge is 2.30. The molecule has 0 saturated carbocycles. The van der Waals surface area contributed by atoms with Crippen LogP contribution in [-0.2, 0) is 4.79 Å². The summed E-state index contributed by atoms with van der Waals surface area (Å²) in [6.07, 6.45) is 7.28. The van der Waals surface area contributed by atoms with E-state index in [2.05, 4.69) is 20.3 Å². The van der Waals surface area contributed by atoms with Gasteiger partial charge in [-0.3, -0.25) is 9.59 Å². The van der Waals surface area contributed by atoms with Crippen LogP contribution in [0.3, 0.4) is 0 Å². The zero-order chi connectivity index (χ0) is 26.6. The second-order valence-corrected chi connectivity index (χ2v) is 9.39. The third-order valence-electron chi connectivity index (χ3n) is 6.40. The third-order valence-corrected chi connectivity index (χ3v) is 6.40. The fraction of sp³-hybridized carbons (Fsp3) is 0.259. The zero-order valence-electron chi connectivity index (χ0n) is 21.3. The summed E-state index contributed by atoms with van der Waals surface area (Å²) >= 11 is 0. The number of carbonyl (C=O) groups is 2. The van der Waals surface area contributed by atoms with E-state index in [1.54, 1.807) is 42.6 Å². The van der Waals surface area contributed by atoms with Crippen molar-refractivity contribution in [3.8, 4) is 11.3 Å². The second-order valence-electron chi connectivity index (χ2n) is 9.39. The van der Waals surface area contributed by atoms with Crippen LogP contribution in [0.15, 0.2) is 67.1 Å². The van der Waals surface area contributed by atoms with Crippen molar-refractivity contribution in [1.29, 1.82) is 0 Å². The van der Waals surface area contributed by atoms with Gasteiger partial charge in [0.1, 0.15) is 23.7 Å². The maximum atomic E-state index is 12.7. The van der Waals surface area contributed by atoms with Gasteiger partial charge in [-0.1, -0.05) is 24.3 Å². The smallest absolute Gasteiger partial charge is 0.256 e. The number of hydrogen-bond acceptors (Lipinski definition) is 8. The fourth-order valence-corrected chi connectivity index (χ4v) is 4.47. The molecule has 0 unspecified atom stereocenters. The van der Waals surface area contributed by atoms with Gasteiger partial charge in [-0.05, 0) is 44.8 Å². The van der Waals surface area contributed by atoms with E-state index in [-0.39, 0.29) is 17.9 Å². The summed E-state index contributed by atoms with van der Waals surface area (Å²) in [5, 5.41) is 8.31. The van der Waals surface area contributed by atoms with E-state index in [4.69, 9.17) is 10.8 Å². The van der Waals surface area contributed by atoms with Crippen LogP contribution in [0.5, 0.6) is 0 Å². The lowest BCUT2D eigenvalue weighted by molar-refractivity contribution is -0.125. The Morgan fingerprint density at radius 3 is 2.68 bits per heavy atom. The van der Waals surface area contributed by atoms with Crippen molar-refractivity contribution in [3.05, 3.63) is 72.7 Å². The summed E-state index contributed by atoms with van der Waals surface area (Å²) in [6.45, 7) is 1.86. The maximum absolute atomic E-state index is 12.7. The normalized spacial score (nSPS) is 15.6. The van der Waals surface area contributed by atoms with Crippen molar-refractivity contribution >= 4 is 34.5 Å². The summed E-state index contributed by atoms with van der Waals surface area (Å²) < 4.78 is 1.85. The lowest BCUT2D eigenvalue weighted by atomic mass is 10.1. The molecule has 1 aliphatic heterocycles. The van der Waals surface area contributed by atoms with Crippen molar-refractivity contribution in [2.24, 2.45) is 0 Å². The molecule has 11 heteroatoms. The van der Waals surface area contributed by atoms with Gasteiger partial charge in [-0.2, -0.15) is 5.10 Å². The van der Waals surface area contributed by atoms with Gasteiger partial charge in [0.05, 0.1) is 11.4 Å². The highest BCUT2D eigenvalue weighted by molar-refractivity contribution is 6.04. The Bertz CT molecular complexity index is 1480. The van der Waals surface area contributed by atoms with Crippen LogP contribution in [0, 0.1) is 0 Å². The first kappa shape index (κ1) is 25.0. The summed E-state index contributed by atoms with van der Waals surface area (Å²) in [5.74, 6) is 0.530. The molecular formula is C27H29N9O2. The lowest BCUT2D eigenvalue weighted by Gasteiger charge is -2.15. The van der Waals surface area contributed by atoms with Crippen LogP contribution >= 0.6 is 0 Å². The molecule has 4 heterocycles. The van der Waals surface area contributed by atoms with Crippen molar-refractivity contribution in [2.75, 3.05) is 44.8 Å².